The normalized spacial score (nSPS) is 14.8. The molecule has 0 radical (unpaired) electrons. The number of hydrogen-bond donors (Lipinski definition) is 4. The average Bonchev–Trinajstić information content (AvgIpc) is 3.06. The van der Waals surface area contributed by atoms with E-state index in [0.717, 1.165) is 21.6 Å². The summed E-state index contributed by atoms with van der Waals surface area (Å²) in [5.41, 5.74) is 3.86. The van der Waals surface area contributed by atoms with E-state index in [-0.39, 0.29) is 22.8 Å². The number of anilines is 2. The van der Waals surface area contributed by atoms with E-state index in [0.29, 0.717) is 23.2 Å². The number of phenols is 1. The minimum atomic E-state index is -4.01. The third-order valence-electron chi connectivity index (χ3n) is 5.68. The van der Waals surface area contributed by atoms with Crippen LogP contribution in [0.15, 0.2) is 78.8 Å². The van der Waals surface area contributed by atoms with Crippen molar-refractivity contribution >= 4 is 27.5 Å². The molecule has 0 aliphatic carbocycles. The number of amides is 1. The van der Waals surface area contributed by atoms with Gasteiger partial charge in [-0.3, -0.25) is 4.79 Å². The maximum Gasteiger partial charge on any atom is 0.330 e. The van der Waals surface area contributed by atoms with Crippen LogP contribution in [0.25, 0.3) is 0 Å². The minimum Gasteiger partial charge on any atom is -0.506 e. The molecule has 0 saturated carbocycles. The lowest BCUT2D eigenvalue weighted by Crippen LogP contribution is -2.29. The monoisotopic (exact) mass is 493 g/mol. The first-order valence-electron chi connectivity index (χ1n) is 11.0. The molecule has 35 heavy (non-hydrogen) atoms. The zero-order valence-corrected chi connectivity index (χ0v) is 20.4. The fraction of sp³-hybridized carbons (Fsp3) is 0.192. The number of carbonyl (C=O) groups excluding carboxylic acids is 1. The van der Waals surface area contributed by atoms with Crippen LogP contribution in [0.2, 0.25) is 0 Å². The average molecular weight is 494 g/mol. The molecule has 0 aromatic heterocycles. The van der Waals surface area contributed by atoms with Crippen LogP contribution in [0.4, 0.5) is 11.4 Å². The van der Waals surface area contributed by atoms with E-state index in [9.17, 15) is 23.4 Å². The predicted molar refractivity (Wildman–Crippen MR) is 136 cm³/mol. The standard InChI is InChI=1S/C26H27N3O5S/c1-26(2,3)20-11-9-18(10-12-20)25(32)27-21-7-5-4-6-19(21)14-17-8-13-22(23(30)15-17)29-16-24(31)28-35(29,33)34/h4-13,15-16,28,30-31H,14H2,1-3H3,(H,27,32). The van der Waals surface area contributed by atoms with Gasteiger partial charge in [0.2, 0.25) is 5.88 Å². The second kappa shape index (κ2) is 8.99. The van der Waals surface area contributed by atoms with Crippen molar-refractivity contribution in [1.82, 2.24) is 4.72 Å². The molecule has 3 aromatic rings. The molecule has 1 amide bonds. The number of aliphatic hydroxyl groups is 1. The molecule has 4 rings (SSSR count). The van der Waals surface area contributed by atoms with Gasteiger partial charge >= 0.3 is 10.2 Å². The zero-order valence-electron chi connectivity index (χ0n) is 19.6. The summed E-state index contributed by atoms with van der Waals surface area (Å²) in [5, 5.41) is 22.9. The van der Waals surface area contributed by atoms with Crippen molar-refractivity contribution in [1.29, 1.82) is 0 Å². The molecule has 1 heterocycles. The number of benzene rings is 3. The Morgan fingerprint density at radius 1 is 1.00 bits per heavy atom. The van der Waals surface area contributed by atoms with Crippen LogP contribution in [0.3, 0.4) is 0 Å². The Kier molecular flexibility index (Phi) is 6.21. The fourth-order valence-corrected chi connectivity index (χ4v) is 4.85. The Bertz CT molecular complexity index is 1410. The number of nitrogens with one attached hydrogen (secondary N) is 2. The van der Waals surface area contributed by atoms with E-state index < -0.39 is 16.1 Å². The highest BCUT2D eigenvalue weighted by Crippen LogP contribution is 2.33. The zero-order chi connectivity index (χ0) is 25.4. The quantitative estimate of drug-likeness (QED) is 0.416. The highest BCUT2D eigenvalue weighted by atomic mass is 32.2. The van der Waals surface area contributed by atoms with Gasteiger partial charge in [0.05, 0.1) is 6.20 Å². The molecule has 0 saturated heterocycles. The molecule has 1 aliphatic heterocycles. The number of rotatable bonds is 5. The van der Waals surface area contributed by atoms with Gasteiger partial charge in [-0.1, -0.05) is 57.2 Å². The summed E-state index contributed by atoms with van der Waals surface area (Å²) in [5.74, 6) is -1.03. The van der Waals surface area contributed by atoms with Crippen LogP contribution in [-0.4, -0.2) is 24.5 Å². The molecular formula is C26H27N3O5S. The van der Waals surface area contributed by atoms with Crippen molar-refractivity contribution in [2.24, 2.45) is 0 Å². The van der Waals surface area contributed by atoms with E-state index >= 15 is 0 Å². The predicted octanol–water partition coefficient (Wildman–Crippen LogP) is 4.54. The summed E-state index contributed by atoms with van der Waals surface area (Å²) in [6.07, 6.45) is 1.36. The number of aliphatic hydroxyl groups excluding tert-OH is 1. The number of para-hydroxylation sites is 1. The number of carbonyl (C=O) groups is 1. The van der Waals surface area contributed by atoms with Crippen LogP contribution >= 0.6 is 0 Å². The smallest absolute Gasteiger partial charge is 0.330 e. The maximum absolute atomic E-state index is 12.9. The molecule has 182 valence electrons. The second-order valence-corrected chi connectivity index (χ2v) is 10.9. The summed E-state index contributed by atoms with van der Waals surface area (Å²) in [6, 6.07) is 19.5. The number of hydrogen-bond acceptors (Lipinski definition) is 5. The molecular weight excluding hydrogens is 466 g/mol. The second-order valence-electron chi connectivity index (χ2n) is 9.36. The van der Waals surface area contributed by atoms with Gasteiger partial charge in [0.1, 0.15) is 11.4 Å². The lowest BCUT2D eigenvalue weighted by atomic mass is 9.86. The Hall–Kier alpha value is -3.98. The molecule has 9 heteroatoms. The first kappa shape index (κ1) is 24.2. The Balaban J connectivity index is 1.53. The van der Waals surface area contributed by atoms with Gasteiger partial charge in [-0.05, 0) is 58.9 Å². The van der Waals surface area contributed by atoms with Crippen molar-refractivity contribution in [3.05, 3.63) is 101 Å². The van der Waals surface area contributed by atoms with Gasteiger partial charge in [0.15, 0.2) is 0 Å². The lowest BCUT2D eigenvalue weighted by molar-refractivity contribution is 0.102. The van der Waals surface area contributed by atoms with Crippen molar-refractivity contribution in [3.8, 4) is 5.75 Å². The van der Waals surface area contributed by atoms with Gasteiger partial charge in [0.25, 0.3) is 5.91 Å². The van der Waals surface area contributed by atoms with Gasteiger partial charge in [-0.15, -0.1) is 0 Å². The summed E-state index contributed by atoms with van der Waals surface area (Å²) in [4.78, 5) is 12.9. The topological polar surface area (TPSA) is 119 Å². The third kappa shape index (κ3) is 5.25. The van der Waals surface area contributed by atoms with Crippen molar-refractivity contribution in [2.75, 3.05) is 9.62 Å². The number of nitrogens with zero attached hydrogens (tertiary/aromatic N) is 1. The van der Waals surface area contributed by atoms with E-state index in [2.05, 4.69) is 26.1 Å². The lowest BCUT2D eigenvalue weighted by Gasteiger charge is -2.19. The first-order valence-corrected chi connectivity index (χ1v) is 12.4. The highest BCUT2D eigenvalue weighted by Gasteiger charge is 2.30. The van der Waals surface area contributed by atoms with Crippen LogP contribution < -0.4 is 14.3 Å². The molecule has 0 fully saturated rings. The van der Waals surface area contributed by atoms with Crippen LogP contribution in [-0.2, 0) is 22.0 Å². The molecule has 0 spiro atoms. The van der Waals surface area contributed by atoms with Gasteiger partial charge in [-0.25, -0.2) is 9.03 Å². The molecule has 3 aromatic carbocycles. The molecule has 8 nitrogen and oxygen atoms in total. The Morgan fingerprint density at radius 2 is 1.69 bits per heavy atom. The van der Waals surface area contributed by atoms with Gasteiger partial charge in [-0.2, -0.15) is 8.42 Å². The molecule has 0 bridgehead atoms. The summed E-state index contributed by atoms with van der Waals surface area (Å²) < 4.78 is 26.9. The van der Waals surface area contributed by atoms with Crippen LogP contribution in [0, 0.1) is 0 Å². The molecule has 4 N–H and O–H groups in total. The Labute approximate surface area is 204 Å². The Morgan fingerprint density at radius 3 is 2.29 bits per heavy atom. The summed E-state index contributed by atoms with van der Waals surface area (Å²) in [7, 11) is -4.01. The van der Waals surface area contributed by atoms with Crippen molar-refractivity contribution in [3.63, 3.8) is 0 Å². The van der Waals surface area contributed by atoms with E-state index in [4.69, 9.17) is 0 Å². The SMILES string of the molecule is CC(C)(C)c1ccc(C(=O)Nc2ccccc2Cc2ccc(N3C=C(O)NS3(=O)=O)c(O)c2)cc1. The van der Waals surface area contributed by atoms with Crippen molar-refractivity contribution < 1.29 is 23.4 Å². The fourth-order valence-electron chi connectivity index (χ4n) is 3.78. The van der Waals surface area contributed by atoms with Gasteiger partial charge in [0, 0.05) is 11.3 Å². The third-order valence-corrected chi connectivity index (χ3v) is 6.97. The number of phenolic OH excluding ortho intramolecular Hbond substituents is 1. The van der Waals surface area contributed by atoms with Crippen molar-refractivity contribution in [2.45, 2.75) is 32.6 Å². The van der Waals surface area contributed by atoms with E-state index in [1.165, 1.54) is 12.1 Å². The first-order chi connectivity index (χ1) is 16.4. The maximum atomic E-state index is 12.9. The van der Waals surface area contributed by atoms with E-state index in [1.54, 1.807) is 12.1 Å². The van der Waals surface area contributed by atoms with Crippen LogP contribution in [0.5, 0.6) is 5.75 Å². The summed E-state index contributed by atoms with van der Waals surface area (Å²) in [6.45, 7) is 6.35. The molecule has 1 aliphatic rings. The summed E-state index contributed by atoms with van der Waals surface area (Å²) >= 11 is 0. The largest absolute Gasteiger partial charge is 0.506 e. The highest BCUT2D eigenvalue weighted by molar-refractivity contribution is 7.91. The molecule has 0 unspecified atom stereocenters. The molecule has 0 atom stereocenters. The number of aromatic hydroxyl groups is 1. The van der Waals surface area contributed by atoms with Gasteiger partial charge < -0.3 is 15.5 Å². The minimum absolute atomic E-state index is 0.00510. The van der Waals surface area contributed by atoms with Crippen LogP contribution in [0.1, 0.15) is 47.8 Å². The van der Waals surface area contributed by atoms with E-state index in [1.807, 2.05) is 47.2 Å².